The normalized spacial score (nSPS) is 11.5. The number of nitrogens with zero attached hydrogens (tertiary/aromatic N) is 1. The lowest BCUT2D eigenvalue weighted by molar-refractivity contribution is 1.30. The van der Waals surface area contributed by atoms with Crippen LogP contribution in [0.2, 0.25) is 0 Å². The highest BCUT2D eigenvalue weighted by molar-refractivity contribution is 7.97. The summed E-state index contributed by atoms with van der Waals surface area (Å²) in [5, 5.41) is 1.41. The van der Waals surface area contributed by atoms with E-state index < -0.39 is 0 Å². The zero-order valence-corrected chi connectivity index (χ0v) is 11.0. The summed E-state index contributed by atoms with van der Waals surface area (Å²) in [5.41, 5.74) is 2.83. The molecule has 0 bridgehead atoms. The van der Waals surface area contributed by atoms with Crippen molar-refractivity contribution in [2.45, 2.75) is 5.75 Å². The summed E-state index contributed by atoms with van der Waals surface area (Å²) in [5.74, 6) is 1.10. The average Bonchev–Trinajstić information content (AvgIpc) is 2.59. The molecule has 0 unspecified atom stereocenters. The van der Waals surface area contributed by atoms with E-state index in [1.165, 1.54) is 16.5 Å². The molecule has 0 atom stereocenters. The van der Waals surface area contributed by atoms with Crippen LogP contribution in [0.4, 0.5) is 0 Å². The number of rotatable bonds is 3. The summed E-state index contributed by atoms with van der Waals surface area (Å²) in [4.78, 5) is 0. The molecular formula is C12H16NS2+. The van der Waals surface area contributed by atoms with E-state index in [4.69, 9.17) is 0 Å². The van der Waals surface area contributed by atoms with Crippen molar-refractivity contribution in [3.8, 4) is 0 Å². The van der Waals surface area contributed by atoms with Gasteiger partial charge >= 0.3 is 0 Å². The molecule has 1 aromatic heterocycles. The Morgan fingerprint density at radius 1 is 1.27 bits per heavy atom. The molecule has 1 heterocycles. The Balaban J connectivity index is 2.62. The highest BCUT2D eigenvalue weighted by Crippen LogP contribution is 2.25. The second kappa shape index (κ2) is 4.54. The van der Waals surface area contributed by atoms with Crippen LogP contribution in [0.1, 0.15) is 5.56 Å². The molecule has 0 spiro atoms. The number of fused-ring (bicyclic) bond motifs is 1. The standard InChI is InChI=1S/C12H16NS2/c1-14-9-10-8-13(15(2)3)12-7-5-4-6-11(10)12/h4-8H,9H2,1-3H3/q+1. The quantitative estimate of drug-likeness (QED) is 0.744. The summed E-state index contributed by atoms with van der Waals surface area (Å²) in [6.45, 7) is 0. The molecule has 15 heavy (non-hydrogen) atoms. The molecule has 0 aliphatic rings. The molecule has 3 heteroatoms. The predicted octanol–water partition coefficient (Wildman–Crippen LogP) is 3.15. The van der Waals surface area contributed by atoms with Gasteiger partial charge in [-0.3, -0.25) is 0 Å². The van der Waals surface area contributed by atoms with E-state index in [0.29, 0.717) is 0 Å². The summed E-state index contributed by atoms with van der Waals surface area (Å²) < 4.78 is 2.39. The minimum Gasteiger partial charge on any atom is -0.170 e. The average molecular weight is 238 g/mol. The van der Waals surface area contributed by atoms with Crippen LogP contribution in [0.5, 0.6) is 0 Å². The van der Waals surface area contributed by atoms with E-state index in [0.717, 1.165) is 5.75 Å². The Bertz CT molecular complexity index is 460. The lowest BCUT2D eigenvalue weighted by Crippen LogP contribution is -2.06. The van der Waals surface area contributed by atoms with E-state index in [-0.39, 0.29) is 11.1 Å². The number of thioether (sulfide) groups is 1. The summed E-state index contributed by atoms with van der Waals surface area (Å²) >= 11 is 2.16. The fraction of sp³-hybridized carbons (Fsp3) is 0.333. The first-order chi connectivity index (χ1) is 7.24. The lowest BCUT2D eigenvalue weighted by Gasteiger charge is -1.97. The first-order valence-corrected chi connectivity index (χ1v) is 8.29. The van der Waals surface area contributed by atoms with Crippen molar-refractivity contribution in [1.29, 1.82) is 0 Å². The van der Waals surface area contributed by atoms with Crippen molar-refractivity contribution in [2.75, 3.05) is 18.8 Å². The molecule has 0 fully saturated rings. The first kappa shape index (κ1) is 11.0. The fourth-order valence-corrected chi connectivity index (χ4v) is 3.22. The van der Waals surface area contributed by atoms with Gasteiger partial charge in [-0.15, -0.1) is 0 Å². The molecule has 0 aliphatic heterocycles. The van der Waals surface area contributed by atoms with Crippen molar-refractivity contribution in [2.24, 2.45) is 0 Å². The van der Waals surface area contributed by atoms with Gasteiger partial charge in [-0.1, -0.05) is 18.2 Å². The van der Waals surface area contributed by atoms with Crippen molar-refractivity contribution < 1.29 is 0 Å². The second-order valence-corrected chi connectivity index (χ2v) is 6.51. The van der Waals surface area contributed by atoms with Crippen molar-refractivity contribution in [3.63, 3.8) is 0 Å². The highest BCUT2D eigenvalue weighted by atomic mass is 32.2. The monoisotopic (exact) mass is 238 g/mol. The van der Waals surface area contributed by atoms with Gasteiger partial charge in [0.2, 0.25) is 0 Å². The molecule has 0 amide bonds. The molecule has 1 aromatic carbocycles. The molecule has 0 saturated heterocycles. The molecule has 0 N–H and O–H groups in total. The van der Waals surface area contributed by atoms with Crippen molar-refractivity contribution >= 4 is 33.7 Å². The summed E-state index contributed by atoms with van der Waals surface area (Å²) in [6.07, 6.45) is 8.98. The van der Waals surface area contributed by atoms with Gasteiger partial charge in [0, 0.05) is 11.1 Å². The second-order valence-electron chi connectivity index (χ2n) is 3.70. The first-order valence-electron chi connectivity index (χ1n) is 4.90. The molecule has 2 rings (SSSR count). The molecule has 80 valence electrons. The van der Waals surface area contributed by atoms with Gasteiger partial charge in [-0.25, -0.2) is 0 Å². The Hall–Kier alpha value is -0.540. The van der Waals surface area contributed by atoms with E-state index >= 15 is 0 Å². The maximum absolute atomic E-state index is 2.39. The predicted molar refractivity (Wildman–Crippen MR) is 73.8 cm³/mol. The number of benzene rings is 1. The van der Waals surface area contributed by atoms with Crippen molar-refractivity contribution in [1.82, 2.24) is 3.97 Å². The molecule has 0 saturated carbocycles. The van der Waals surface area contributed by atoms with E-state index in [9.17, 15) is 0 Å². The smallest absolute Gasteiger partial charge is 0.123 e. The lowest BCUT2D eigenvalue weighted by atomic mass is 10.2. The molecule has 2 aromatic rings. The highest BCUT2D eigenvalue weighted by Gasteiger charge is 2.14. The van der Waals surface area contributed by atoms with Crippen LogP contribution < -0.4 is 0 Å². The van der Waals surface area contributed by atoms with Gasteiger partial charge in [0.15, 0.2) is 0 Å². The van der Waals surface area contributed by atoms with Gasteiger partial charge in [0.1, 0.15) is 12.5 Å². The minimum absolute atomic E-state index is 0.271. The van der Waals surface area contributed by atoms with Crippen LogP contribution in [0.15, 0.2) is 30.5 Å². The Kier molecular flexibility index (Phi) is 3.32. The largest absolute Gasteiger partial charge is 0.170 e. The maximum Gasteiger partial charge on any atom is 0.123 e. The van der Waals surface area contributed by atoms with Crippen LogP contribution in [-0.4, -0.2) is 22.7 Å². The van der Waals surface area contributed by atoms with Crippen LogP contribution in [0.25, 0.3) is 10.9 Å². The summed E-state index contributed by atoms with van der Waals surface area (Å²) in [7, 11) is 0. The van der Waals surface area contributed by atoms with E-state index in [1.807, 2.05) is 11.8 Å². The van der Waals surface area contributed by atoms with E-state index in [2.05, 4.69) is 53.2 Å². The van der Waals surface area contributed by atoms with Gasteiger partial charge in [0.05, 0.1) is 22.8 Å². The third kappa shape index (κ3) is 2.04. The zero-order chi connectivity index (χ0) is 10.8. The van der Waals surface area contributed by atoms with Crippen LogP contribution >= 0.6 is 11.8 Å². The van der Waals surface area contributed by atoms with E-state index in [1.54, 1.807) is 0 Å². The number of para-hydroxylation sites is 1. The number of hydrogen-bond acceptors (Lipinski definition) is 1. The Morgan fingerprint density at radius 2 is 2.00 bits per heavy atom. The molecule has 0 radical (unpaired) electrons. The van der Waals surface area contributed by atoms with Crippen LogP contribution in [0, 0.1) is 0 Å². The fourth-order valence-electron chi connectivity index (χ4n) is 1.79. The van der Waals surface area contributed by atoms with Gasteiger partial charge in [-0.05, 0) is 17.9 Å². The van der Waals surface area contributed by atoms with Gasteiger partial charge < -0.3 is 0 Å². The SMILES string of the molecule is CSCc1cn([S+](C)C)c2ccccc12. The molecule has 1 nitrogen and oxygen atoms in total. The number of aromatic nitrogens is 1. The molecular weight excluding hydrogens is 222 g/mol. The van der Waals surface area contributed by atoms with Gasteiger partial charge in [-0.2, -0.15) is 15.7 Å². The minimum atomic E-state index is 0.271. The van der Waals surface area contributed by atoms with Gasteiger partial charge in [0.25, 0.3) is 0 Å². The van der Waals surface area contributed by atoms with Crippen molar-refractivity contribution in [3.05, 3.63) is 36.0 Å². The Labute approximate surface area is 98.3 Å². The number of hydrogen-bond donors (Lipinski definition) is 0. The maximum atomic E-state index is 2.39. The molecule has 0 aliphatic carbocycles. The summed E-state index contributed by atoms with van der Waals surface area (Å²) in [6, 6.07) is 8.69. The van der Waals surface area contributed by atoms with Crippen LogP contribution in [-0.2, 0) is 16.8 Å². The zero-order valence-electron chi connectivity index (χ0n) is 9.36. The topological polar surface area (TPSA) is 4.93 Å². The van der Waals surface area contributed by atoms with Crippen LogP contribution in [0.3, 0.4) is 0 Å². The third-order valence-electron chi connectivity index (χ3n) is 2.45. The Morgan fingerprint density at radius 3 is 2.67 bits per heavy atom. The third-order valence-corrected chi connectivity index (χ3v) is 4.14.